The highest BCUT2D eigenvalue weighted by molar-refractivity contribution is 7.17. The summed E-state index contributed by atoms with van der Waals surface area (Å²) in [4.78, 5) is 19.8. The molecule has 0 amide bonds. The summed E-state index contributed by atoms with van der Waals surface area (Å²) in [5.41, 5.74) is 1.21. The largest absolute Gasteiger partial charge is 0.465 e. The summed E-state index contributed by atoms with van der Waals surface area (Å²) in [6.45, 7) is 0.762. The van der Waals surface area contributed by atoms with Gasteiger partial charge in [-0.2, -0.15) is 0 Å². The van der Waals surface area contributed by atoms with Crippen LogP contribution in [0, 0.1) is 0 Å². The Morgan fingerprint density at radius 3 is 2.94 bits per heavy atom. The summed E-state index contributed by atoms with van der Waals surface area (Å²) >= 11 is 1.29. The van der Waals surface area contributed by atoms with Gasteiger partial charge in [0, 0.05) is 18.9 Å². The van der Waals surface area contributed by atoms with Gasteiger partial charge in [0.05, 0.1) is 13.3 Å². The van der Waals surface area contributed by atoms with E-state index >= 15 is 0 Å². The van der Waals surface area contributed by atoms with Crippen molar-refractivity contribution in [3.63, 3.8) is 0 Å². The van der Waals surface area contributed by atoms with Crippen molar-refractivity contribution < 1.29 is 9.53 Å². The monoisotopic (exact) mass is 263 g/mol. The van der Waals surface area contributed by atoms with Crippen LogP contribution < -0.4 is 5.32 Å². The normalized spacial score (nSPS) is 10.1. The molecular formula is C12H13N3O2S. The van der Waals surface area contributed by atoms with Crippen molar-refractivity contribution in [1.29, 1.82) is 0 Å². The zero-order chi connectivity index (χ0) is 12.8. The third-order valence-electron chi connectivity index (χ3n) is 2.33. The third kappa shape index (κ3) is 3.27. The Kier molecular flexibility index (Phi) is 4.25. The molecule has 0 aromatic carbocycles. The molecule has 94 valence electrons. The molecule has 0 bridgehead atoms. The van der Waals surface area contributed by atoms with Gasteiger partial charge in [0.1, 0.15) is 4.88 Å². The zero-order valence-corrected chi connectivity index (χ0v) is 10.7. The minimum absolute atomic E-state index is 0.352. The van der Waals surface area contributed by atoms with E-state index in [1.165, 1.54) is 30.2 Å². The Labute approximate surface area is 109 Å². The number of carbonyl (C=O) groups is 1. The standard InChI is InChI=1S/C12H13N3O2S/c1-17-11(16)10-8-15-12(18-10)14-7-4-9-2-5-13-6-3-9/h2-3,5-6,8H,4,7H2,1H3,(H,14,15). The minimum Gasteiger partial charge on any atom is -0.465 e. The van der Waals surface area contributed by atoms with Crippen LogP contribution in [0.15, 0.2) is 30.7 Å². The van der Waals surface area contributed by atoms with Crippen LogP contribution in [-0.2, 0) is 11.2 Å². The van der Waals surface area contributed by atoms with Crippen molar-refractivity contribution in [3.8, 4) is 0 Å². The molecule has 0 fully saturated rings. The van der Waals surface area contributed by atoms with Crippen LogP contribution in [0.2, 0.25) is 0 Å². The van der Waals surface area contributed by atoms with Gasteiger partial charge in [0.25, 0.3) is 0 Å². The molecule has 0 aliphatic heterocycles. The highest BCUT2D eigenvalue weighted by atomic mass is 32.1. The number of nitrogens with zero attached hydrogens (tertiary/aromatic N) is 2. The molecule has 0 saturated heterocycles. The first-order chi connectivity index (χ1) is 8.79. The second kappa shape index (κ2) is 6.11. The molecule has 5 nitrogen and oxygen atoms in total. The second-order valence-electron chi connectivity index (χ2n) is 3.55. The highest BCUT2D eigenvalue weighted by Crippen LogP contribution is 2.18. The quantitative estimate of drug-likeness (QED) is 0.836. The number of pyridine rings is 1. The number of hydrogen-bond donors (Lipinski definition) is 1. The molecule has 2 heterocycles. The summed E-state index contributed by atoms with van der Waals surface area (Å²) in [6.07, 6.45) is 5.95. The van der Waals surface area contributed by atoms with E-state index in [-0.39, 0.29) is 5.97 Å². The Hall–Kier alpha value is -1.95. The molecule has 6 heteroatoms. The van der Waals surface area contributed by atoms with Gasteiger partial charge in [-0.1, -0.05) is 11.3 Å². The molecule has 2 aromatic rings. The smallest absolute Gasteiger partial charge is 0.349 e. The van der Waals surface area contributed by atoms with Crippen LogP contribution in [0.3, 0.4) is 0 Å². The maximum atomic E-state index is 11.2. The van der Waals surface area contributed by atoms with Gasteiger partial charge >= 0.3 is 5.97 Å². The van der Waals surface area contributed by atoms with Gasteiger partial charge in [0.15, 0.2) is 5.13 Å². The van der Waals surface area contributed by atoms with E-state index in [2.05, 4.69) is 20.0 Å². The van der Waals surface area contributed by atoms with E-state index in [9.17, 15) is 4.79 Å². The lowest BCUT2D eigenvalue weighted by Crippen LogP contribution is -2.04. The molecule has 0 aliphatic rings. The molecule has 0 aliphatic carbocycles. The number of anilines is 1. The summed E-state index contributed by atoms with van der Waals surface area (Å²) in [5.74, 6) is -0.352. The first kappa shape index (κ1) is 12.5. The van der Waals surface area contributed by atoms with Gasteiger partial charge in [-0.15, -0.1) is 0 Å². The van der Waals surface area contributed by atoms with Crippen molar-refractivity contribution in [2.75, 3.05) is 19.0 Å². The number of rotatable bonds is 5. The van der Waals surface area contributed by atoms with Crippen LogP contribution in [0.25, 0.3) is 0 Å². The van der Waals surface area contributed by atoms with E-state index in [1.54, 1.807) is 12.4 Å². The molecule has 18 heavy (non-hydrogen) atoms. The average molecular weight is 263 g/mol. The molecule has 0 spiro atoms. The average Bonchev–Trinajstić information content (AvgIpc) is 2.88. The first-order valence-corrected chi connectivity index (χ1v) is 6.28. The van der Waals surface area contributed by atoms with Crippen molar-refractivity contribution in [3.05, 3.63) is 41.2 Å². The number of esters is 1. The Morgan fingerprint density at radius 1 is 1.44 bits per heavy atom. The summed E-state index contributed by atoms with van der Waals surface area (Å²) in [7, 11) is 1.36. The maximum absolute atomic E-state index is 11.2. The molecular weight excluding hydrogens is 250 g/mol. The SMILES string of the molecule is COC(=O)c1cnc(NCCc2ccncc2)s1. The predicted molar refractivity (Wildman–Crippen MR) is 69.9 cm³/mol. The second-order valence-corrected chi connectivity index (χ2v) is 4.58. The number of ether oxygens (including phenoxy) is 1. The van der Waals surface area contributed by atoms with E-state index in [0.717, 1.165) is 18.1 Å². The number of thiazole rings is 1. The fraction of sp³-hybridized carbons (Fsp3) is 0.250. The van der Waals surface area contributed by atoms with E-state index in [4.69, 9.17) is 0 Å². The fourth-order valence-electron chi connectivity index (χ4n) is 1.41. The number of nitrogens with one attached hydrogen (secondary N) is 1. The van der Waals surface area contributed by atoms with Crippen LogP contribution >= 0.6 is 11.3 Å². The number of hydrogen-bond acceptors (Lipinski definition) is 6. The van der Waals surface area contributed by atoms with Crippen molar-refractivity contribution in [2.24, 2.45) is 0 Å². The van der Waals surface area contributed by atoms with E-state index in [1.807, 2.05) is 12.1 Å². The van der Waals surface area contributed by atoms with Crippen LogP contribution in [0.1, 0.15) is 15.2 Å². The predicted octanol–water partition coefficient (Wildman–Crippen LogP) is 1.98. The lowest BCUT2D eigenvalue weighted by atomic mass is 10.2. The van der Waals surface area contributed by atoms with Gasteiger partial charge in [0.2, 0.25) is 0 Å². The topological polar surface area (TPSA) is 64.1 Å². The molecule has 0 saturated carbocycles. The van der Waals surface area contributed by atoms with Crippen LogP contribution in [0.5, 0.6) is 0 Å². The Morgan fingerprint density at radius 2 is 2.22 bits per heavy atom. The number of methoxy groups -OCH3 is 1. The van der Waals surface area contributed by atoms with E-state index in [0.29, 0.717) is 4.88 Å². The van der Waals surface area contributed by atoms with Crippen molar-refractivity contribution >= 4 is 22.4 Å². The molecule has 0 atom stereocenters. The minimum atomic E-state index is -0.352. The van der Waals surface area contributed by atoms with Gasteiger partial charge in [-0.3, -0.25) is 4.98 Å². The summed E-state index contributed by atoms with van der Waals surface area (Å²) < 4.78 is 4.62. The van der Waals surface area contributed by atoms with E-state index < -0.39 is 0 Å². The van der Waals surface area contributed by atoms with Crippen LogP contribution in [0.4, 0.5) is 5.13 Å². The van der Waals surface area contributed by atoms with Gasteiger partial charge in [-0.25, -0.2) is 9.78 Å². The number of carbonyl (C=O) groups excluding carboxylic acids is 1. The van der Waals surface area contributed by atoms with Crippen molar-refractivity contribution in [2.45, 2.75) is 6.42 Å². The zero-order valence-electron chi connectivity index (χ0n) is 9.92. The third-order valence-corrected chi connectivity index (χ3v) is 3.27. The summed E-state index contributed by atoms with van der Waals surface area (Å²) in [5, 5.41) is 3.90. The highest BCUT2D eigenvalue weighted by Gasteiger charge is 2.09. The molecule has 1 N–H and O–H groups in total. The fourth-order valence-corrected chi connectivity index (χ4v) is 2.17. The van der Waals surface area contributed by atoms with Crippen LogP contribution in [-0.4, -0.2) is 29.6 Å². The van der Waals surface area contributed by atoms with Gasteiger partial charge < -0.3 is 10.1 Å². The number of aromatic nitrogens is 2. The first-order valence-electron chi connectivity index (χ1n) is 5.46. The molecule has 2 rings (SSSR count). The Balaban J connectivity index is 1.84. The molecule has 2 aromatic heterocycles. The lowest BCUT2D eigenvalue weighted by Gasteiger charge is -2.02. The lowest BCUT2D eigenvalue weighted by molar-refractivity contribution is 0.0606. The molecule has 0 radical (unpaired) electrons. The molecule has 0 unspecified atom stereocenters. The maximum Gasteiger partial charge on any atom is 0.349 e. The van der Waals surface area contributed by atoms with Gasteiger partial charge in [-0.05, 0) is 24.1 Å². The van der Waals surface area contributed by atoms with Crippen molar-refractivity contribution in [1.82, 2.24) is 9.97 Å². The summed E-state index contributed by atoms with van der Waals surface area (Å²) in [6, 6.07) is 3.95. The Bertz CT molecular complexity index is 513.